The SMILES string of the molecule is Cc1cc(-c2nnc(-c3cc(-c4ccccc4)n(C)n3)o2)cc(C)c1C[C]=O. The molecular formula is C22H19N4O2. The van der Waals surface area contributed by atoms with Crippen molar-refractivity contribution in [2.75, 3.05) is 0 Å². The molecule has 0 fully saturated rings. The van der Waals surface area contributed by atoms with E-state index in [0.717, 1.165) is 33.5 Å². The molecule has 0 aliphatic heterocycles. The fourth-order valence-corrected chi connectivity index (χ4v) is 3.36. The van der Waals surface area contributed by atoms with Crippen LogP contribution < -0.4 is 0 Å². The highest BCUT2D eigenvalue weighted by molar-refractivity contribution is 5.66. The van der Waals surface area contributed by atoms with Crippen LogP contribution in [-0.4, -0.2) is 26.3 Å². The molecule has 0 N–H and O–H groups in total. The third-order valence-electron chi connectivity index (χ3n) is 4.79. The summed E-state index contributed by atoms with van der Waals surface area (Å²) in [6.07, 6.45) is 2.24. The predicted molar refractivity (Wildman–Crippen MR) is 106 cm³/mol. The molecule has 4 rings (SSSR count). The molecule has 4 aromatic rings. The van der Waals surface area contributed by atoms with Gasteiger partial charge in [-0.05, 0) is 54.3 Å². The quantitative estimate of drug-likeness (QED) is 0.529. The lowest BCUT2D eigenvalue weighted by Gasteiger charge is -2.08. The molecule has 0 atom stereocenters. The van der Waals surface area contributed by atoms with Gasteiger partial charge < -0.3 is 4.42 Å². The zero-order valence-corrected chi connectivity index (χ0v) is 15.9. The van der Waals surface area contributed by atoms with Crippen molar-refractivity contribution in [1.82, 2.24) is 20.0 Å². The second-order valence-electron chi connectivity index (χ2n) is 6.73. The van der Waals surface area contributed by atoms with E-state index in [2.05, 4.69) is 15.3 Å². The molecule has 28 heavy (non-hydrogen) atoms. The number of nitrogens with zero attached hydrogens (tertiary/aromatic N) is 4. The van der Waals surface area contributed by atoms with Crippen molar-refractivity contribution in [2.45, 2.75) is 20.3 Å². The summed E-state index contributed by atoms with van der Waals surface area (Å²) in [6, 6.07) is 15.9. The van der Waals surface area contributed by atoms with Crippen LogP contribution in [0.2, 0.25) is 0 Å². The maximum atomic E-state index is 10.8. The number of aryl methyl sites for hydroxylation is 3. The monoisotopic (exact) mass is 371 g/mol. The Kier molecular flexibility index (Phi) is 4.61. The second kappa shape index (κ2) is 7.23. The summed E-state index contributed by atoms with van der Waals surface area (Å²) in [7, 11) is 1.89. The van der Waals surface area contributed by atoms with E-state index in [4.69, 9.17) is 4.42 Å². The largest absolute Gasteiger partial charge is 0.415 e. The molecule has 0 aliphatic carbocycles. The summed E-state index contributed by atoms with van der Waals surface area (Å²) in [6.45, 7) is 3.93. The van der Waals surface area contributed by atoms with Crippen LogP contribution in [0, 0.1) is 13.8 Å². The molecule has 2 aromatic heterocycles. The van der Waals surface area contributed by atoms with Gasteiger partial charge in [0.1, 0.15) is 5.69 Å². The fraction of sp³-hybridized carbons (Fsp3) is 0.182. The van der Waals surface area contributed by atoms with Crippen molar-refractivity contribution in [3.05, 3.63) is 65.2 Å². The van der Waals surface area contributed by atoms with Crippen molar-refractivity contribution < 1.29 is 9.21 Å². The molecule has 6 nitrogen and oxygen atoms in total. The lowest BCUT2D eigenvalue weighted by molar-refractivity contribution is 0.555. The number of rotatable bonds is 5. The van der Waals surface area contributed by atoms with Gasteiger partial charge in [0.2, 0.25) is 12.2 Å². The number of benzene rings is 2. The average Bonchev–Trinajstić information content (AvgIpc) is 3.32. The molecule has 0 bridgehead atoms. The van der Waals surface area contributed by atoms with Crippen LogP contribution in [0.15, 0.2) is 52.9 Å². The summed E-state index contributed by atoms with van der Waals surface area (Å²) in [5, 5.41) is 12.9. The number of hydrogen-bond acceptors (Lipinski definition) is 5. The van der Waals surface area contributed by atoms with E-state index < -0.39 is 0 Å². The van der Waals surface area contributed by atoms with E-state index in [1.165, 1.54) is 0 Å². The Balaban J connectivity index is 1.68. The highest BCUT2D eigenvalue weighted by Crippen LogP contribution is 2.29. The highest BCUT2D eigenvalue weighted by atomic mass is 16.4. The lowest BCUT2D eigenvalue weighted by Crippen LogP contribution is -1.96. The minimum absolute atomic E-state index is 0.281. The molecular weight excluding hydrogens is 352 g/mol. The molecule has 2 aromatic carbocycles. The summed E-state index contributed by atoms with van der Waals surface area (Å²) in [4.78, 5) is 10.8. The lowest BCUT2D eigenvalue weighted by atomic mass is 9.97. The third-order valence-corrected chi connectivity index (χ3v) is 4.79. The number of aromatic nitrogens is 4. The summed E-state index contributed by atoms with van der Waals surface area (Å²) < 4.78 is 7.69. The maximum Gasteiger partial charge on any atom is 0.268 e. The maximum absolute atomic E-state index is 10.8. The molecule has 0 spiro atoms. The molecule has 0 unspecified atom stereocenters. The average molecular weight is 371 g/mol. The van der Waals surface area contributed by atoms with Crippen LogP contribution in [0.3, 0.4) is 0 Å². The van der Waals surface area contributed by atoms with Crippen LogP contribution in [0.5, 0.6) is 0 Å². The summed E-state index contributed by atoms with van der Waals surface area (Å²) >= 11 is 0. The van der Waals surface area contributed by atoms with Gasteiger partial charge in [-0.15, -0.1) is 10.2 Å². The number of hydrogen-bond donors (Lipinski definition) is 0. The summed E-state index contributed by atoms with van der Waals surface area (Å²) in [5.74, 6) is 0.795. The molecule has 139 valence electrons. The van der Waals surface area contributed by atoms with E-state index in [0.29, 0.717) is 17.5 Å². The minimum Gasteiger partial charge on any atom is -0.415 e. The Morgan fingerprint density at radius 1 is 0.964 bits per heavy atom. The van der Waals surface area contributed by atoms with E-state index in [1.54, 1.807) is 4.68 Å². The van der Waals surface area contributed by atoms with Gasteiger partial charge in [-0.2, -0.15) is 5.10 Å². The predicted octanol–water partition coefficient (Wildman–Crippen LogP) is 4.07. The van der Waals surface area contributed by atoms with Crippen LogP contribution >= 0.6 is 0 Å². The molecule has 0 saturated heterocycles. The van der Waals surface area contributed by atoms with E-state index in [1.807, 2.05) is 75.7 Å². The molecule has 2 heterocycles. The zero-order valence-electron chi connectivity index (χ0n) is 15.9. The first-order valence-corrected chi connectivity index (χ1v) is 8.95. The Hall–Kier alpha value is -3.54. The number of carbonyl (C=O) groups excluding carboxylic acids is 1. The highest BCUT2D eigenvalue weighted by Gasteiger charge is 2.17. The first-order chi connectivity index (χ1) is 13.6. The van der Waals surface area contributed by atoms with Gasteiger partial charge in [-0.1, -0.05) is 30.3 Å². The van der Waals surface area contributed by atoms with Gasteiger partial charge in [0, 0.05) is 19.0 Å². The molecule has 1 radical (unpaired) electrons. The van der Waals surface area contributed by atoms with Crippen molar-refractivity contribution in [1.29, 1.82) is 0 Å². The minimum atomic E-state index is 0.281. The van der Waals surface area contributed by atoms with Crippen molar-refractivity contribution in [3.63, 3.8) is 0 Å². The van der Waals surface area contributed by atoms with Gasteiger partial charge in [-0.3, -0.25) is 9.48 Å². The van der Waals surface area contributed by atoms with Crippen LogP contribution in [0.1, 0.15) is 16.7 Å². The standard InChI is InChI=1S/C22H19N4O2/c1-14-11-17(12-15(2)18(14)9-10-27)21-23-24-22(28-21)19-13-20(26(3)25-19)16-7-5-4-6-8-16/h4-8,11-13H,9H2,1-3H3. The topological polar surface area (TPSA) is 73.8 Å². The van der Waals surface area contributed by atoms with Gasteiger partial charge in [0.15, 0.2) is 0 Å². The molecule has 6 heteroatoms. The van der Waals surface area contributed by atoms with Crippen molar-refractivity contribution >= 4 is 6.29 Å². The van der Waals surface area contributed by atoms with Gasteiger partial charge >= 0.3 is 0 Å². The van der Waals surface area contributed by atoms with E-state index in [-0.39, 0.29) is 6.42 Å². The van der Waals surface area contributed by atoms with Crippen molar-refractivity contribution in [3.8, 4) is 34.3 Å². The molecule has 0 aliphatic rings. The van der Waals surface area contributed by atoms with Crippen molar-refractivity contribution in [2.24, 2.45) is 7.05 Å². The van der Waals surface area contributed by atoms with Crippen LogP contribution in [0.25, 0.3) is 34.3 Å². The van der Waals surface area contributed by atoms with Gasteiger partial charge in [-0.25, -0.2) is 0 Å². The van der Waals surface area contributed by atoms with E-state index >= 15 is 0 Å². The second-order valence-corrected chi connectivity index (χ2v) is 6.73. The molecule has 0 saturated carbocycles. The third kappa shape index (κ3) is 3.24. The Morgan fingerprint density at radius 3 is 2.32 bits per heavy atom. The van der Waals surface area contributed by atoms with E-state index in [9.17, 15) is 4.79 Å². The fourth-order valence-electron chi connectivity index (χ4n) is 3.36. The van der Waals surface area contributed by atoms with Crippen LogP contribution in [0.4, 0.5) is 0 Å². The Morgan fingerprint density at radius 2 is 1.64 bits per heavy atom. The van der Waals surface area contributed by atoms with Gasteiger partial charge in [0.25, 0.3) is 5.89 Å². The smallest absolute Gasteiger partial charge is 0.268 e. The first-order valence-electron chi connectivity index (χ1n) is 8.95. The van der Waals surface area contributed by atoms with Crippen LogP contribution in [-0.2, 0) is 18.3 Å². The Bertz CT molecular complexity index is 1120. The van der Waals surface area contributed by atoms with Gasteiger partial charge in [0.05, 0.1) is 5.69 Å². The molecule has 0 amide bonds. The zero-order chi connectivity index (χ0) is 19.7. The Labute approximate surface area is 162 Å². The summed E-state index contributed by atoms with van der Waals surface area (Å²) in [5.41, 5.74) is 6.47. The normalized spacial score (nSPS) is 11.0. The first kappa shape index (κ1) is 17.9.